The maximum Gasteiger partial charge on any atom is 0.165 e. The van der Waals surface area contributed by atoms with Gasteiger partial charge in [0.2, 0.25) is 0 Å². The molecule has 1 aromatic heterocycles. The fourth-order valence-corrected chi connectivity index (χ4v) is 2.32. The number of ether oxygens (including phenoxy) is 1. The van der Waals surface area contributed by atoms with Gasteiger partial charge in [0, 0.05) is 4.88 Å². The number of carbonyl (C=O) groups is 1. The molecule has 0 aliphatic carbocycles. The van der Waals surface area contributed by atoms with E-state index in [1.165, 1.54) is 17.4 Å². The molecule has 0 radical (unpaired) electrons. The highest BCUT2D eigenvalue weighted by Crippen LogP contribution is 2.30. The molecule has 88 valence electrons. The lowest BCUT2D eigenvalue weighted by Gasteiger charge is -2.05. The molecule has 0 aliphatic heterocycles. The Hall–Kier alpha value is -1.68. The van der Waals surface area contributed by atoms with Crippen LogP contribution in [0.4, 0.5) is 4.39 Å². The summed E-state index contributed by atoms with van der Waals surface area (Å²) < 4.78 is 18.7. The van der Waals surface area contributed by atoms with Gasteiger partial charge in [-0.15, -0.1) is 11.3 Å². The zero-order chi connectivity index (χ0) is 12.3. The second-order valence-corrected chi connectivity index (χ2v) is 4.51. The molecule has 0 spiro atoms. The molecule has 0 saturated heterocycles. The molecule has 0 fully saturated rings. The van der Waals surface area contributed by atoms with Crippen molar-refractivity contribution in [2.45, 2.75) is 6.92 Å². The zero-order valence-electron chi connectivity index (χ0n) is 9.27. The van der Waals surface area contributed by atoms with Crippen LogP contribution in [0.15, 0.2) is 30.3 Å². The van der Waals surface area contributed by atoms with Crippen molar-refractivity contribution in [3.05, 3.63) is 41.0 Å². The summed E-state index contributed by atoms with van der Waals surface area (Å²) in [6, 6.07) is 8.35. The summed E-state index contributed by atoms with van der Waals surface area (Å²) in [5.74, 6) is -0.131. The lowest BCUT2D eigenvalue weighted by Crippen LogP contribution is -1.94. The highest BCUT2D eigenvalue weighted by Gasteiger charge is 2.07. The molecule has 0 N–H and O–H groups in total. The fourth-order valence-electron chi connectivity index (χ4n) is 1.50. The standard InChI is InChI=1S/C13H11FO2S/c1-2-16-12-5-3-9(7-11(12)14)13-6-4-10(8-15)17-13/h3-8H,2H2,1H3. The average Bonchev–Trinajstić information content (AvgIpc) is 2.80. The molecule has 0 bridgehead atoms. The first-order valence-corrected chi connectivity index (χ1v) is 6.04. The monoisotopic (exact) mass is 250 g/mol. The van der Waals surface area contributed by atoms with E-state index in [0.717, 1.165) is 16.7 Å². The van der Waals surface area contributed by atoms with Crippen LogP contribution in [0, 0.1) is 5.82 Å². The molecule has 4 heteroatoms. The predicted molar refractivity (Wildman–Crippen MR) is 66.3 cm³/mol. The summed E-state index contributed by atoms with van der Waals surface area (Å²) in [6.45, 7) is 2.24. The minimum atomic E-state index is -0.384. The van der Waals surface area contributed by atoms with Gasteiger partial charge in [0.25, 0.3) is 0 Å². The SMILES string of the molecule is CCOc1ccc(-c2ccc(C=O)s2)cc1F. The van der Waals surface area contributed by atoms with Crippen LogP contribution in [-0.4, -0.2) is 12.9 Å². The topological polar surface area (TPSA) is 26.3 Å². The summed E-state index contributed by atoms with van der Waals surface area (Å²) in [6.07, 6.45) is 0.791. The Kier molecular flexibility index (Phi) is 3.54. The number of rotatable bonds is 4. The predicted octanol–water partition coefficient (Wildman–Crippen LogP) is 3.77. The van der Waals surface area contributed by atoms with Crippen molar-refractivity contribution < 1.29 is 13.9 Å². The summed E-state index contributed by atoms with van der Waals surface area (Å²) in [4.78, 5) is 12.1. The Morgan fingerprint density at radius 1 is 1.35 bits per heavy atom. The lowest BCUT2D eigenvalue weighted by atomic mass is 10.2. The van der Waals surface area contributed by atoms with Gasteiger partial charge in [0.05, 0.1) is 11.5 Å². The van der Waals surface area contributed by atoms with E-state index in [-0.39, 0.29) is 11.6 Å². The normalized spacial score (nSPS) is 10.2. The first kappa shape index (κ1) is 11.8. The van der Waals surface area contributed by atoms with Crippen LogP contribution in [0.3, 0.4) is 0 Å². The van der Waals surface area contributed by atoms with Gasteiger partial charge in [-0.25, -0.2) is 4.39 Å². The molecular weight excluding hydrogens is 239 g/mol. The Morgan fingerprint density at radius 2 is 2.18 bits per heavy atom. The van der Waals surface area contributed by atoms with Crippen LogP contribution >= 0.6 is 11.3 Å². The Labute approximate surface area is 103 Å². The van der Waals surface area contributed by atoms with E-state index in [1.54, 1.807) is 18.2 Å². The highest BCUT2D eigenvalue weighted by molar-refractivity contribution is 7.17. The molecule has 1 heterocycles. The van der Waals surface area contributed by atoms with Crippen molar-refractivity contribution >= 4 is 17.6 Å². The number of halogens is 1. The lowest BCUT2D eigenvalue weighted by molar-refractivity contribution is 0.112. The maximum absolute atomic E-state index is 13.6. The molecule has 2 rings (SSSR count). The molecule has 0 amide bonds. The number of hydrogen-bond donors (Lipinski definition) is 0. The van der Waals surface area contributed by atoms with Crippen molar-refractivity contribution in [3.8, 4) is 16.2 Å². The van der Waals surface area contributed by atoms with Crippen LogP contribution in [0.1, 0.15) is 16.6 Å². The Balaban J connectivity index is 2.33. The molecule has 2 aromatic rings. The molecule has 0 saturated carbocycles. The van der Waals surface area contributed by atoms with Crippen LogP contribution in [0.25, 0.3) is 10.4 Å². The van der Waals surface area contributed by atoms with Crippen molar-refractivity contribution in [1.82, 2.24) is 0 Å². The number of thiophene rings is 1. The van der Waals surface area contributed by atoms with E-state index in [9.17, 15) is 9.18 Å². The molecule has 17 heavy (non-hydrogen) atoms. The number of benzene rings is 1. The van der Waals surface area contributed by atoms with Gasteiger partial charge in [-0.2, -0.15) is 0 Å². The van der Waals surface area contributed by atoms with Gasteiger partial charge in [-0.3, -0.25) is 4.79 Å². The summed E-state index contributed by atoms with van der Waals surface area (Å²) >= 11 is 1.34. The number of aldehydes is 1. The molecular formula is C13H11FO2S. The van der Waals surface area contributed by atoms with Gasteiger partial charge in [0.1, 0.15) is 0 Å². The Bertz CT molecular complexity index is 534. The molecule has 2 nitrogen and oxygen atoms in total. The van der Waals surface area contributed by atoms with E-state index in [2.05, 4.69) is 0 Å². The van der Waals surface area contributed by atoms with E-state index in [0.29, 0.717) is 11.5 Å². The summed E-state index contributed by atoms with van der Waals surface area (Å²) in [7, 11) is 0. The second kappa shape index (κ2) is 5.10. The molecule has 0 atom stereocenters. The minimum Gasteiger partial charge on any atom is -0.491 e. The first-order chi connectivity index (χ1) is 8.24. The van der Waals surface area contributed by atoms with Crippen molar-refractivity contribution in [2.75, 3.05) is 6.61 Å². The van der Waals surface area contributed by atoms with Crippen LogP contribution in [-0.2, 0) is 0 Å². The largest absolute Gasteiger partial charge is 0.491 e. The minimum absolute atomic E-state index is 0.253. The van der Waals surface area contributed by atoms with Crippen LogP contribution < -0.4 is 4.74 Å². The second-order valence-electron chi connectivity index (χ2n) is 3.40. The van der Waals surface area contributed by atoms with E-state index in [1.807, 2.05) is 13.0 Å². The smallest absolute Gasteiger partial charge is 0.165 e. The first-order valence-electron chi connectivity index (χ1n) is 5.22. The number of carbonyl (C=O) groups excluding carboxylic acids is 1. The van der Waals surface area contributed by atoms with E-state index in [4.69, 9.17) is 4.74 Å². The Morgan fingerprint density at radius 3 is 2.76 bits per heavy atom. The van der Waals surface area contributed by atoms with Gasteiger partial charge in [-0.1, -0.05) is 0 Å². The summed E-state index contributed by atoms with van der Waals surface area (Å²) in [5.41, 5.74) is 0.754. The van der Waals surface area contributed by atoms with Gasteiger partial charge in [0.15, 0.2) is 17.9 Å². The van der Waals surface area contributed by atoms with Crippen molar-refractivity contribution in [3.63, 3.8) is 0 Å². The van der Waals surface area contributed by atoms with E-state index < -0.39 is 0 Å². The van der Waals surface area contributed by atoms with Crippen molar-refractivity contribution in [2.24, 2.45) is 0 Å². The quantitative estimate of drug-likeness (QED) is 0.772. The van der Waals surface area contributed by atoms with Gasteiger partial charge < -0.3 is 4.74 Å². The maximum atomic E-state index is 13.6. The highest BCUT2D eigenvalue weighted by atomic mass is 32.1. The van der Waals surface area contributed by atoms with Gasteiger partial charge in [-0.05, 0) is 42.8 Å². The third-order valence-corrected chi connectivity index (χ3v) is 3.32. The van der Waals surface area contributed by atoms with Crippen LogP contribution in [0.5, 0.6) is 5.75 Å². The van der Waals surface area contributed by atoms with E-state index >= 15 is 0 Å². The molecule has 0 unspecified atom stereocenters. The van der Waals surface area contributed by atoms with Gasteiger partial charge >= 0.3 is 0 Å². The number of hydrogen-bond acceptors (Lipinski definition) is 3. The third-order valence-electron chi connectivity index (χ3n) is 2.26. The molecule has 0 aliphatic rings. The summed E-state index contributed by atoms with van der Waals surface area (Å²) in [5, 5.41) is 0. The van der Waals surface area contributed by atoms with Crippen molar-refractivity contribution in [1.29, 1.82) is 0 Å². The molecule has 1 aromatic carbocycles. The van der Waals surface area contributed by atoms with Crippen LogP contribution in [0.2, 0.25) is 0 Å². The average molecular weight is 250 g/mol. The fraction of sp³-hybridized carbons (Fsp3) is 0.154. The third kappa shape index (κ3) is 2.53. The zero-order valence-corrected chi connectivity index (χ0v) is 10.1.